The first-order chi connectivity index (χ1) is 24.3. The second-order valence-electron chi connectivity index (χ2n) is 12.4. The van der Waals surface area contributed by atoms with E-state index in [2.05, 4.69) is 0 Å². The lowest BCUT2D eigenvalue weighted by Gasteiger charge is -2.45. The average Bonchev–Trinajstić information content (AvgIpc) is 3.14. The van der Waals surface area contributed by atoms with E-state index in [9.17, 15) is 0 Å². The molecular formula is C27H64O17Si8. The van der Waals surface area contributed by atoms with Gasteiger partial charge in [-0.05, 0) is 19.6 Å². The van der Waals surface area contributed by atoms with E-state index in [0.29, 0.717) is 17.7 Å². The van der Waals surface area contributed by atoms with Gasteiger partial charge in [0.15, 0.2) is 8.32 Å². The maximum absolute atomic E-state index is 7.23. The zero-order valence-electron chi connectivity index (χ0n) is 34.2. The van der Waals surface area contributed by atoms with Crippen LogP contribution in [0.1, 0.15) is 13.3 Å². The fourth-order valence-corrected chi connectivity index (χ4v) is 33.7. The fourth-order valence-electron chi connectivity index (χ4n) is 4.96. The Morgan fingerprint density at radius 1 is 0.404 bits per heavy atom. The third-order valence-electron chi connectivity index (χ3n) is 7.89. The predicted octanol–water partition coefficient (Wildman–Crippen LogP) is 3.68. The highest BCUT2D eigenvalue weighted by Gasteiger charge is 2.68. The topological polar surface area (TPSA) is 157 Å². The molecule has 0 aromatic heterocycles. The second-order valence-corrected chi connectivity index (χ2v) is 37.8. The number of rotatable bonds is 29. The lowest BCUT2D eigenvalue weighted by Crippen LogP contribution is -2.74. The van der Waals surface area contributed by atoms with Crippen molar-refractivity contribution in [2.75, 3.05) is 78.2 Å². The van der Waals surface area contributed by atoms with E-state index in [1.54, 1.807) is 25.2 Å². The van der Waals surface area contributed by atoms with Crippen LogP contribution in [0.2, 0.25) is 50.9 Å². The number of hydrogen-bond acceptors (Lipinski definition) is 17. The van der Waals surface area contributed by atoms with Crippen LogP contribution in [0.25, 0.3) is 0 Å². The Balaban J connectivity index is 4.27. The van der Waals surface area contributed by atoms with E-state index in [1.165, 1.54) is 78.2 Å². The molecule has 0 radical (unpaired) electrons. The Kier molecular flexibility index (Phi) is 21.0. The van der Waals surface area contributed by atoms with Gasteiger partial charge in [0, 0.05) is 115 Å². The summed E-state index contributed by atoms with van der Waals surface area (Å²) < 4.78 is 107. The van der Waals surface area contributed by atoms with Crippen LogP contribution in [0.15, 0.2) is 30.3 Å². The maximum Gasteiger partial charge on any atom is 0.657 e. The highest BCUT2D eigenvalue weighted by Crippen LogP contribution is 2.35. The van der Waals surface area contributed by atoms with E-state index >= 15 is 0 Å². The molecule has 0 saturated carbocycles. The van der Waals surface area contributed by atoms with E-state index in [4.69, 9.17) is 73.4 Å². The van der Waals surface area contributed by atoms with Gasteiger partial charge in [0.2, 0.25) is 0 Å². The normalized spacial score (nSPS) is 18.0. The minimum Gasteiger partial charge on any atom is -0.416 e. The minimum atomic E-state index is -4.56. The van der Waals surface area contributed by atoms with E-state index in [1.807, 2.05) is 44.8 Å². The lowest BCUT2D eigenvalue weighted by molar-refractivity contribution is 0.00926. The molecule has 1 aromatic rings. The summed E-state index contributed by atoms with van der Waals surface area (Å²) in [5.41, 5.74) is 0. The minimum absolute atomic E-state index is 0.108. The molecule has 0 amide bonds. The summed E-state index contributed by atoms with van der Waals surface area (Å²) in [6.45, 7) is 11.6. The van der Waals surface area contributed by atoms with E-state index < -0.39 is 70.2 Å². The summed E-state index contributed by atoms with van der Waals surface area (Å²) in [4.78, 5) is 0. The van der Waals surface area contributed by atoms with Gasteiger partial charge >= 0.3 is 61.9 Å². The molecule has 4 atom stereocenters. The van der Waals surface area contributed by atoms with Gasteiger partial charge in [0.25, 0.3) is 0 Å². The SMILES string of the molecule is CCC[Si](OC)(OC)O[Si](OC)(O[Si](C)(OC)OC)O[Si](OC)(O[Si](CC[Si](OC)(OC)OC)(OC)O[Si](C)(OC)O[Si](C)(C)C)c1ccccc1. The smallest absolute Gasteiger partial charge is 0.416 e. The van der Waals surface area contributed by atoms with Gasteiger partial charge < -0.3 is 73.4 Å². The van der Waals surface area contributed by atoms with Gasteiger partial charge in [0.05, 0.1) is 0 Å². The Morgan fingerprint density at radius 2 is 0.885 bits per heavy atom. The van der Waals surface area contributed by atoms with Crippen molar-refractivity contribution >= 4 is 75.4 Å². The first kappa shape index (κ1) is 50.3. The summed E-state index contributed by atoms with van der Waals surface area (Å²) in [7, 11) is -12.7. The van der Waals surface area contributed by atoms with Crippen molar-refractivity contribution in [3.8, 4) is 0 Å². The Morgan fingerprint density at radius 3 is 1.27 bits per heavy atom. The molecule has 0 aliphatic rings. The average molecular weight is 885 g/mol. The molecule has 0 fully saturated rings. The zero-order valence-corrected chi connectivity index (χ0v) is 42.2. The predicted molar refractivity (Wildman–Crippen MR) is 210 cm³/mol. The number of benzene rings is 1. The summed E-state index contributed by atoms with van der Waals surface area (Å²) in [6.07, 6.45) is 0.655. The molecule has 0 heterocycles. The Bertz CT molecular complexity index is 1140. The van der Waals surface area contributed by atoms with Crippen LogP contribution in [0.4, 0.5) is 0 Å². The van der Waals surface area contributed by atoms with Gasteiger partial charge in [-0.25, -0.2) is 0 Å². The molecule has 0 N–H and O–H groups in total. The molecule has 0 aliphatic carbocycles. The van der Waals surface area contributed by atoms with Gasteiger partial charge in [-0.15, -0.1) is 0 Å². The van der Waals surface area contributed by atoms with Crippen LogP contribution in [-0.4, -0.2) is 148 Å². The quantitative estimate of drug-likeness (QED) is 0.107. The highest BCUT2D eigenvalue weighted by atomic mass is 28.6. The molecule has 0 saturated heterocycles. The molecule has 306 valence electrons. The van der Waals surface area contributed by atoms with E-state index in [0.717, 1.165) is 0 Å². The van der Waals surface area contributed by atoms with Gasteiger partial charge in [-0.3, -0.25) is 0 Å². The van der Waals surface area contributed by atoms with E-state index in [-0.39, 0.29) is 12.1 Å². The summed E-state index contributed by atoms with van der Waals surface area (Å²) in [5.74, 6) is 0. The summed E-state index contributed by atoms with van der Waals surface area (Å²) in [5, 5.41) is 0.507. The Hall–Kier alpha value is 0.275. The molecule has 0 spiro atoms. The van der Waals surface area contributed by atoms with Crippen molar-refractivity contribution in [2.24, 2.45) is 0 Å². The van der Waals surface area contributed by atoms with Gasteiger partial charge in [0.1, 0.15) is 0 Å². The van der Waals surface area contributed by atoms with Gasteiger partial charge in [-0.1, -0.05) is 43.7 Å². The van der Waals surface area contributed by atoms with Crippen LogP contribution >= 0.6 is 0 Å². The molecule has 52 heavy (non-hydrogen) atoms. The van der Waals surface area contributed by atoms with Crippen molar-refractivity contribution in [1.82, 2.24) is 0 Å². The zero-order chi connectivity index (χ0) is 40.0. The van der Waals surface area contributed by atoms with Crippen molar-refractivity contribution in [1.29, 1.82) is 0 Å². The monoisotopic (exact) mass is 884 g/mol. The van der Waals surface area contributed by atoms with Crippen molar-refractivity contribution in [2.45, 2.75) is 64.2 Å². The third kappa shape index (κ3) is 13.7. The largest absolute Gasteiger partial charge is 0.657 e. The van der Waals surface area contributed by atoms with Crippen LogP contribution in [0, 0.1) is 0 Å². The molecular weight excluding hydrogens is 821 g/mol. The molecule has 4 unspecified atom stereocenters. The summed E-state index contributed by atoms with van der Waals surface area (Å²) in [6, 6.07) is 9.83. The van der Waals surface area contributed by atoms with Crippen LogP contribution in [-0.2, 0) is 73.4 Å². The highest BCUT2D eigenvalue weighted by molar-refractivity contribution is 6.92. The standard InChI is InChI=1S/C27H64O17Si8/c1-18-24-49(34-8,35-9)43-52(38-12,41-46(16,28-2)29-3)44-51(37-11,27-22-20-19-21-23-27)42-50(36-10,26-25-48(31-5,32-6)33-7)40-47(17,30-4)39-45(13,14)15/h19-23H,18,24-26H2,1-17H3. The molecule has 1 rings (SSSR count). The number of hydrogen-bond donors (Lipinski definition) is 0. The molecule has 25 heteroatoms. The molecule has 17 nitrogen and oxygen atoms in total. The van der Waals surface area contributed by atoms with Crippen molar-refractivity contribution < 1.29 is 73.4 Å². The Labute approximate surface area is 320 Å². The fraction of sp³-hybridized carbons (Fsp3) is 0.778. The van der Waals surface area contributed by atoms with Crippen LogP contribution < -0.4 is 5.19 Å². The van der Waals surface area contributed by atoms with Crippen molar-refractivity contribution in [3.05, 3.63) is 30.3 Å². The molecule has 0 aliphatic heterocycles. The molecule has 0 bridgehead atoms. The first-order valence-corrected chi connectivity index (χ1v) is 33.6. The second kappa shape index (κ2) is 21.7. The van der Waals surface area contributed by atoms with Crippen molar-refractivity contribution in [3.63, 3.8) is 0 Å². The first-order valence-electron chi connectivity index (χ1n) is 16.6. The summed E-state index contributed by atoms with van der Waals surface area (Å²) >= 11 is 0. The van der Waals surface area contributed by atoms with Crippen LogP contribution in [0.5, 0.6) is 0 Å². The molecule has 1 aromatic carbocycles. The lowest BCUT2D eigenvalue weighted by atomic mass is 10.4. The van der Waals surface area contributed by atoms with Gasteiger partial charge in [-0.2, -0.15) is 0 Å². The van der Waals surface area contributed by atoms with Crippen LogP contribution in [0.3, 0.4) is 0 Å². The third-order valence-corrected chi connectivity index (χ3v) is 35.0. The maximum atomic E-state index is 7.23.